The molecular weight excluding hydrogens is 571 g/mol. The summed E-state index contributed by atoms with van der Waals surface area (Å²) in [6.45, 7) is 12.7. The van der Waals surface area contributed by atoms with Gasteiger partial charge >= 0.3 is 7.12 Å². The molecule has 2 aromatic carbocycles. The van der Waals surface area contributed by atoms with Crippen molar-refractivity contribution in [2.24, 2.45) is 0 Å². The first-order valence-electron chi connectivity index (χ1n) is 13.8. The van der Waals surface area contributed by atoms with Crippen molar-refractivity contribution in [2.75, 3.05) is 50.3 Å². The van der Waals surface area contributed by atoms with Gasteiger partial charge in [0.2, 0.25) is 11.9 Å². The molecule has 3 N–H and O–H groups in total. The third kappa shape index (κ3) is 7.77. The van der Waals surface area contributed by atoms with Gasteiger partial charge in [0.25, 0.3) is 0 Å². The summed E-state index contributed by atoms with van der Waals surface area (Å²) in [4.78, 5) is 23.1. The van der Waals surface area contributed by atoms with Crippen LogP contribution in [0.25, 0.3) is 0 Å². The predicted octanol–water partition coefficient (Wildman–Crippen LogP) is 4.99. The number of aromatic nitrogens is 2. The number of ether oxygens (including phenoxy) is 2. The fourth-order valence-corrected chi connectivity index (χ4v) is 4.22. The summed E-state index contributed by atoms with van der Waals surface area (Å²) in [7, 11) is 4.92. The maximum Gasteiger partial charge on any atom is 0.494 e. The van der Waals surface area contributed by atoms with Crippen LogP contribution in [0, 0.1) is 0 Å². The molecule has 43 heavy (non-hydrogen) atoms. The number of rotatable bonds is 12. The van der Waals surface area contributed by atoms with Crippen molar-refractivity contribution in [3.8, 4) is 11.5 Å². The van der Waals surface area contributed by atoms with E-state index in [4.69, 9.17) is 30.4 Å². The Morgan fingerprint density at radius 1 is 1.09 bits per heavy atom. The van der Waals surface area contributed by atoms with Gasteiger partial charge in [-0.2, -0.15) is 4.98 Å². The number of anilines is 5. The number of amides is 1. The molecule has 0 radical (unpaired) electrons. The van der Waals surface area contributed by atoms with Gasteiger partial charge in [0.1, 0.15) is 23.1 Å². The highest BCUT2D eigenvalue weighted by molar-refractivity contribution is 6.62. The highest BCUT2D eigenvalue weighted by Gasteiger charge is 2.51. The van der Waals surface area contributed by atoms with Crippen LogP contribution in [-0.4, -0.2) is 73.5 Å². The van der Waals surface area contributed by atoms with Crippen LogP contribution in [0.4, 0.5) is 28.8 Å². The van der Waals surface area contributed by atoms with E-state index in [0.717, 1.165) is 11.2 Å². The minimum absolute atomic E-state index is 0.245. The minimum atomic E-state index is -0.511. The van der Waals surface area contributed by atoms with E-state index < -0.39 is 18.3 Å². The Labute approximate surface area is 258 Å². The van der Waals surface area contributed by atoms with Gasteiger partial charge in [-0.3, -0.25) is 4.79 Å². The molecule has 4 rings (SSSR count). The highest BCUT2D eigenvalue weighted by Crippen LogP contribution is 2.39. The first-order valence-corrected chi connectivity index (χ1v) is 14.1. The lowest BCUT2D eigenvalue weighted by atomic mass is 9.79. The van der Waals surface area contributed by atoms with Gasteiger partial charge in [-0.15, -0.1) is 0 Å². The Bertz CT molecular complexity index is 1470. The lowest BCUT2D eigenvalue weighted by molar-refractivity contribution is -0.111. The van der Waals surface area contributed by atoms with Gasteiger partial charge in [-0.1, -0.05) is 30.3 Å². The van der Waals surface area contributed by atoms with E-state index in [1.54, 1.807) is 12.1 Å². The van der Waals surface area contributed by atoms with E-state index >= 15 is 0 Å². The molecule has 11 nitrogen and oxygen atoms in total. The van der Waals surface area contributed by atoms with Gasteiger partial charge in [0.15, 0.2) is 5.82 Å². The summed E-state index contributed by atoms with van der Waals surface area (Å²) in [6.07, 6.45) is 2.67. The molecule has 0 aliphatic carbocycles. The molecule has 0 spiro atoms. The lowest BCUT2D eigenvalue weighted by Crippen LogP contribution is -2.41. The Morgan fingerprint density at radius 3 is 2.47 bits per heavy atom. The minimum Gasteiger partial charge on any atom is -0.494 e. The fourth-order valence-electron chi connectivity index (χ4n) is 4.08. The molecule has 1 aromatic heterocycles. The maximum absolute atomic E-state index is 12.2. The SMILES string of the molecule is C=CC(=O)Nc1cc(Nc2ncc(Cl)c(Nc3cccc(B4OC(C)(C)C(C)(C)O4)c3)n2)c(OC)cc1OCCN(C)C. The third-order valence-electron chi connectivity index (χ3n) is 7.21. The zero-order valence-electron chi connectivity index (χ0n) is 25.6. The van der Waals surface area contributed by atoms with Crippen molar-refractivity contribution in [2.45, 2.75) is 38.9 Å². The van der Waals surface area contributed by atoms with Crippen LogP contribution in [0.2, 0.25) is 5.02 Å². The molecule has 1 amide bonds. The topological polar surface area (TPSA) is 119 Å². The molecule has 13 heteroatoms. The molecule has 1 fully saturated rings. The number of nitrogens with zero attached hydrogens (tertiary/aromatic N) is 3. The monoisotopic (exact) mass is 608 g/mol. The second-order valence-electron chi connectivity index (χ2n) is 11.2. The van der Waals surface area contributed by atoms with Crippen molar-refractivity contribution in [1.82, 2.24) is 14.9 Å². The van der Waals surface area contributed by atoms with Crippen LogP contribution in [0.1, 0.15) is 27.7 Å². The summed E-state index contributed by atoms with van der Waals surface area (Å²) in [5, 5.41) is 9.52. The number of hydrogen-bond acceptors (Lipinski definition) is 10. The largest absolute Gasteiger partial charge is 0.494 e. The average Bonchev–Trinajstić information content (AvgIpc) is 3.17. The van der Waals surface area contributed by atoms with E-state index in [-0.39, 0.29) is 11.9 Å². The molecule has 0 atom stereocenters. The standard InChI is InChI=1S/C30H38BClN6O5/c1-9-26(39)35-23-16-22(24(40-8)17-25(23)41-14-13-38(6)7)36-28-33-18-21(32)27(37-28)34-20-12-10-11-19(15-20)31-42-29(2,3)30(4,5)43-31/h9-12,15-18H,1,13-14H2,2-8H3,(H,35,39)(H2,33,34,36,37). The van der Waals surface area contributed by atoms with Gasteiger partial charge in [0.05, 0.1) is 35.9 Å². The fraction of sp³-hybridized carbons (Fsp3) is 0.367. The Hall–Kier alpha value is -3.84. The van der Waals surface area contributed by atoms with Gasteiger partial charge in [-0.05, 0) is 71.5 Å². The second kappa shape index (κ2) is 13.2. The first kappa shape index (κ1) is 32.1. The van der Waals surface area contributed by atoms with E-state index in [9.17, 15) is 4.79 Å². The zero-order valence-corrected chi connectivity index (χ0v) is 26.3. The van der Waals surface area contributed by atoms with E-state index in [1.807, 2.05) is 71.0 Å². The quantitative estimate of drug-likeness (QED) is 0.192. The van der Waals surface area contributed by atoms with E-state index in [1.165, 1.54) is 19.4 Å². The number of nitrogens with one attached hydrogen (secondary N) is 3. The van der Waals surface area contributed by atoms with Crippen molar-refractivity contribution in [3.63, 3.8) is 0 Å². The van der Waals surface area contributed by atoms with Crippen molar-refractivity contribution in [1.29, 1.82) is 0 Å². The van der Waals surface area contributed by atoms with Crippen LogP contribution in [0.5, 0.6) is 11.5 Å². The predicted molar refractivity (Wildman–Crippen MR) is 172 cm³/mol. The average molecular weight is 609 g/mol. The molecule has 0 bridgehead atoms. The molecule has 1 saturated heterocycles. The van der Waals surface area contributed by atoms with Gasteiger partial charge in [0, 0.05) is 18.3 Å². The van der Waals surface area contributed by atoms with Crippen molar-refractivity contribution < 1.29 is 23.6 Å². The van der Waals surface area contributed by atoms with E-state index in [2.05, 4.69) is 32.5 Å². The normalized spacial score (nSPS) is 15.2. The van der Waals surface area contributed by atoms with Crippen molar-refractivity contribution >= 4 is 58.9 Å². The number of benzene rings is 2. The number of likely N-dealkylation sites (N-methyl/N-ethyl adjacent to an activating group) is 1. The Morgan fingerprint density at radius 2 is 1.81 bits per heavy atom. The third-order valence-corrected chi connectivity index (χ3v) is 7.48. The summed E-state index contributed by atoms with van der Waals surface area (Å²) >= 11 is 6.47. The first-order chi connectivity index (χ1) is 20.3. The van der Waals surface area contributed by atoms with Crippen LogP contribution in [0.15, 0.2) is 55.3 Å². The molecule has 1 aliphatic rings. The molecule has 2 heterocycles. The summed E-state index contributed by atoms with van der Waals surface area (Å²) in [5.74, 6) is 1.15. The van der Waals surface area contributed by atoms with Crippen LogP contribution in [0.3, 0.4) is 0 Å². The Balaban J connectivity index is 1.58. The molecular formula is C30H38BClN6O5. The number of carbonyl (C=O) groups is 1. The van der Waals surface area contributed by atoms with Crippen molar-refractivity contribution in [3.05, 3.63) is 60.3 Å². The maximum atomic E-state index is 12.2. The van der Waals surface area contributed by atoms with Gasteiger partial charge in [-0.25, -0.2) is 4.98 Å². The summed E-state index contributed by atoms with van der Waals surface area (Å²) < 4.78 is 23.9. The molecule has 3 aromatic rings. The zero-order chi connectivity index (χ0) is 31.4. The molecule has 1 aliphatic heterocycles. The second-order valence-corrected chi connectivity index (χ2v) is 11.7. The molecule has 0 saturated carbocycles. The van der Waals surface area contributed by atoms with Crippen LogP contribution >= 0.6 is 11.6 Å². The smallest absolute Gasteiger partial charge is 0.494 e. The number of halogens is 1. The van der Waals surface area contributed by atoms with Crippen LogP contribution in [-0.2, 0) is 14.1 Å². The summed E-state index contributed by atoms with van der Waals surface area (Å²) in [6, 6.07) is 11.1. The molecule has 228 valence electrons. The van der Waals surface area contributed by atoms with E-state index in [0.29, 0.717) is 46.9 Å². The highest BCUT2D eigenvalue weighted by atomic mass is 35.5. The number of carbonyl (C=O) groups excluding carboxylic acids is 1. The van der Waals surface area contributed by atoms with Gasteiger partial charge < -0.3 is 39.6 Å². The number of hydrogen-bond donors (Lipinski definition) is 3. The Kier molecular flexibility index (Phi) is 9.86. The summed E-state index contributed by atoms with van der Waals surface area (Å²) in [5.41, 5.74) is 1.62. The lowest BCUT2D eigenvalue weighted by Gasteiger charge is -2.32. The van der Waals surface area contributed by atoms with Crippen LogP contribution < -0.4 is 30.9 Å². The number of methoxy groups -OCH3 is 1. The molecule has 0 unspecified atom stereocenters.